The molecule has 1 aromatic rings. The van der Waals surface area contributed by atoms with Gasteiger partial charge >= 0.3 is 17.9 Å². The molecular formula is C11H8O6. The Kier molecular flexibility index (Phi) is 3.99. The second-order valence-corrected chi connectivity index (χ2v) is 2.90. The molecule has 1 rings (SSSR count). The predicted octanol–water partition coefficient (Wildman–Crippen LogP) is 0.716. The third-order valence-electron chi connectivity index (χ3n) is 1.68. The molecule has 2 N–H and O–H groups in total. The third-order valence-corrected chi connectivity index (χ3v) is 1.68. The second-order valence-electron chi connectivity index (χ2n) is 2.90. The molecule has 88 valence electrons. The summed E-state index contributed by atoms with van der Waals surface area (Å²) in [5, 5.41) is 17.5. The molecule has 6 heteroatoms. The Morgan fingerprint density at radius 2 is 1.76 bits per heavy atom. The summed E-state index contributed by atoms with van der Waals surface area (Å²) in [6, 6.07) is 5.51. The first kappa shape index (κ1) is 12.4. The van der Waals surface area contributed by atoms with Crippen molar-refractivity contribution in [2.45, 2.75) is 0 Å². The summed E-state index contributed by atoms with van der Waals surface area (Å²) in [6.07, 6.45) is 1.14. The lowest BCUT2D eigenvalue weighted by molar-refractivity contribution is -0.134. The van der Waals surface area contributed by atoms with Crippen molar-refractivity contribution in [3.05, 3.63) is 42.0 Å². The SMILES string of the molecule is O=C(O)/C=C\C(=O)OC(=O)c1ccccc1O. The molecule has 0 atom stereocenters. The molecular weight excluding hydrogens is 228 g/mol. The summed E-state index contributed by atoms with van der Waals surface area (Å²) in [5.41, 5.74) is -0.176. The van der Waals surface area contributed by atoms with E-state index in [4.69, 9.17) is 5.11 Å². The monoisotopic (exact) mass is 236 g/mol. The number of aromatic hydroxyl groups is 1. The Morgan fingerprint density at radius 3 is 2.35 bits per heavy atom. The van der Waals surface area contributed by atoms with Crippen molar-refractivity contribution in [2.75, 3.05) is 0 Å². The van der Waals surface area contributed by atoms with Crippen LogP contribution < -0.4 is 0 Å². The number of para-hydroxylation sites is 1. The Labute approximate surface area is 95.8 Å². The number of carbonyl (C=O) groups is 3. The lowest BCUT2D eigenvalue weighted by Gasteiger charge is -2.01. The van der Waals surface area contributed by atoms with Crippen molar-refractivity contribution in [1.29, 1.82) is 0 Å². The fourth-order valence-electron chi connectivity index (χ4n) is 0.966. The van der Waals surface area contributed by atoms with Crippen LogP contribution in [0.3, 0.4) is 0 Å². The van der Waals surface area contributed by atoms with Gasteiger partial charge in [0.05, 0.1) is 0 Å². The van der Waals surface area contributed by atoms with Gasteiger partial charge in [0.25, 0.3) is 0 Å². The van der Waals surface area contributed by atoms with Gasteiger partial charge in [-0.1, -0.05) is 12.1 Å². The number of esters is 2. The van der Waals surface area contributed by atoms with E-state index in [1.807, 2.05) is 0 Å². The molecule has 6 nitrogen and oxygen atoms in total. The molecule has 0 amide bonds. The van der Waals surface area contributed by atoms with Crippen LogP contribution in [-0.2, 0) is 14.3 Å². The molecule has 0 unspecified atom stereocenters. The number of aliphatic carboxylic acids is 1. The molecule has 0 aliphatic rings. The van der Waals surface area contributed by atoms with Crippen LogP contribution in [0.15, 0.2) is 36.4 Å². The van der Waals surface area contributed by atoms with Gasteiger partial charge in [-0.2, -0.15) is 0 Å². The Balaban J connectivity index is 2.71. The van der Waals surface area contributed by atoms with Crippen molar-refractivity contribution in [2.24, 2.45) is 0 Å². The van der Waals surface area contributed by atoms with Crippen molar-refractivity contribution in [3.8, 4) is 5.75 Å². The summed E-state index contributed by atoms with van der Waals surface area (Å²) in [4.78, 5) is 32.4. The number of carbonyl (C=O) groups excluding carboxylic acids is 2. The Hall–Kier alpha value is -2.63. The summed E-state index contributed by atoms with van der Waals surface area (Å²) in [5.74, 6) is -3.84. The highest BCUT2D eigenvalue weighted by Gasteiger charge is 2.14. The number of hydrogen-bond acceptors (Lipinski definition) is 5. The van der Waals surface area contributed by atoms with Crippen LogP contribution in [0.4, 0.5) is 0 Å². The smallest absolute Gasteiger partial charge is 0.349 e. The molecule has 0 bridgehead atoms. The summed E-state index contributed by atoms with van der Waals surface area (Å²) in [7, 11) is 0. The van der Waals surface area contributed by atoms with Gasteiger partial charge in [-0.25, -0.2) is 14.4 Å². The van der Waals surface area contributed by atoms with E-state index in [0.29, 0.717) is 12.2 Å². The fourth-order valence-corrected chi connectivity index (χ4v) is 0.966. The zero-order chi connectivity index (χ0) is 12.8. The van der Waals surface area contributed by atoms with Gasteiger partial charge in [-0.15, -0.1) is 0 Å². The minimum absolute atomic E-state index is 0.176. The van der Waals surface area contributed by atoms with Gasteiger partial charge in [0.1, 0.15) is 11.3 Å². The van der Waals surface area contributed by atoms with E-state index in [0.717, 1.165) is 0 Å². The average Bonchev–Trinajstić information content (AvgIpc) is 2.26. The van der Waals surface area contributed by atoms with Crippen molar-refractivity contribution >= 4 is 17.9 Å². The first-order valence-electron chi connectivity index (χ1n) is 4.46. The summed E-state index contributed by atoms with van der Waals surface area (Å²) in [6.45, 7) is 0. The molecule has 17 heavy (non-hydrogen) atoms. The highest BCUT2D eigenvalue weighted by molar-refractivity contribution is 6.02. The quantitative estimate of drug-likeness (QED) is 0.455. The van der Waals surface area contributed by atoms with E-state index < -0.39 is 17.9 Å². The first-order chi connectivity index (χ1) is 8.00. The molecule has 0 saturated heterocycles. The topological polar surface area (TPSA) is 101 Å². The number of phenols is 1. The van der Waals surface area contributed by atoms with Gasteiger partial charge < -0.3 is 14.9 Å². The van der Waals surface area contributed by atoms with Gasteiger partial charge in [0, 0.05) is 12.2 Å². The number of carboxylic acid groups (broad SMARTS) is 1. The maximum atomic E-state index is 11.3. The van der Waals surface area contributed by atoms with Crippen LogP contribution in [0.1, 0.15) is 10.4 Å². The van der Waals surface area contributed by atoms with Crippen LogP contribution >= 0.6 is 0 Å². The predicted molar refractivity (Wildman–Crippen MR) is 55.3 cm³/mol. The van der Waals surface area contributed by atoms with Gasteiger partial charge in [0.15, 0.2) is 0 Å². The van der Waals surface area contributed by atoms with Crippen LogP contribution in [0, 0.1) is 0 Å². The number of carboxylic acids is 1. The molecule has 0 spiro atoms. The van der Waals surface area contributed by atoms with Crippen LogP contribution in [-0.4, -0.2) is 28.1 Å². The van der Waals surface area contributed by atoms with Gasteiger partial charge in [0.2, 0.25) is 0 Å². The summed E-state index contributed by atoms with van der Waals surface area (Å²) >= 11 is 0. The Bertz CT molecular complexity index is 488. The zero-order valence-electron chi connectivity index (χ0n) is 8.49. The minimum atomic E-state index is -1.34. The molecule has 0 aliphatic heterocycles. The maximum absolute atomic E-state index is 11.3. The molecule has 0 fully saturated rings. The van der Waals surface area contributed by atoms with E-state index >= 15 is 0 Å². The van der Waals surface area contributed by atoms with E-state index in [1.54, 1.807) is 0 Å². The molecule has 0 saturated carbocycles. The highest BCUT2D eigenvalue weighted by atomic mass is 16.6. The highest BCUT2D eigenvalue weighted by Crippen LogP contribution is 2.16. The molecule has 0 aromatic heterocycles. The lowest BCUT2D eigenvalue weighted by atomic mass is 10.2. The van der Waals surface area contributed by atoms with Crippen molar-refractivity contribution < 1.29 is 29.3 Å². The minimum Gasteiger partial charge on any atom is -0.507 e. The lowest BCUT2D eigenvalue weighted by Crippen LogP contribution is -2.10. The maximum Gasteiger partial charge on any atom is 0.349 e. The van der Waals surface area contributed by atoms with Crippen LogP contribution in [0.2, 0.25) is 0 Å². The zero-order valence-corrected chi connectivity index (χ0v) is 8.49. The van der Waals surface area contributed by atoms with E-state index in [2.05, 4.69) is 4.74 Å². The fraction of sp³-hybridized carbons (Fsp3) is 0. The first-order valence-corrected chi connectivity index (χ1v) is 4.46. The van der Waals surface area contributed by atoms with Crippen LogP contribution in [0.25, 0.3) is 0 Å². The average molecular weight is 236 g/mol. The van der Waals surface area contributed by atoms with Gasteiger partial charge in [-0.05, 0) is 12.1 Å². The number of ether oxygens (including phenoxy) is 1. The second kappa shape index (κ2) is 5.45. The van der Waals surface area contributed by atoms with E-state index in [1.165, 1.54) is 24.3 Å². The Morgan fingerprint density at radius 1 is 1.12 bits per heavy atom. The van der Waals surface area contributed by atoms with E-state index in [-0.39, 0.29) is 11.3 Å². The standard InChI is InChI=1S/C11H8O6/c12-8-4-2-1-3-7(8)11(16)17-10(15)6-5-9(13)14/h1-6,12H,(H,13,14)/b6-5-. The molecule has 0 radical (unpaired) electrons. The summed E-state index contributed by atoms with van der Waals surface area (Å²) < 4.78 is 4.28. The number of hydrogen-bond donors (Lipinski definition) is 2. The number of benzene rings is 1. The molecule has 1 aromatic carbocycles. The van der Waals surface area contributed by atoms with E-state index in [9.17, 15) is 19.5 Å². The number of phenolic OH excluding ortho intramolecular Hbond substituents is 1. The number of rotatable bonds is 3. The largest absolute Gasteiger partial charge is 0.507 e. The van der Waals surface area contributed by atoms with Crippen LogP contribution in [0.5, 0.6) is 5.75 Å². The van der Waals surface area contributed by atoms with Crippen molar-refractivity contribution in [3.63, 3.8) is 0 Å². The molecule has 0 aliphatic carbocycles. The molecule has 0 heterocycles. The third kappa shape index (κ3) is 3.78. The van der Waals surface area contributed by atoms with Crippen molar-refractivity contribution in [1.82, 2.24) is 0 Å². The normalized spacial score (nSPS) is 10.1. The van der Waals surface area contributed by atoms with Gasteiger partial charge in [-0.3, -0.25) is 0 Å².